The third kappa shape index (κ3) is 3.69. The van der Waals surface area contributed by atoms with Crippen molar-refractivity contribution in [1.82, 2.24) is 4.90 Å². The first-order valence-corrected chi connectivity index (χ1v) is 8.19. The Balaban J connectivity index is 2.40. The highest BCUT2D eigenvalue weighted by Gasteiger charge is 2.26. The van der Waals surface area contributed by atoms with Crippen molar-refractivity contribution in [3.63, 3.8) is 0 Å². The summed E-state index contributed by atoms with van der Waals surface area (Å²) in [5.41, 5.74) is -0.946. The Morgan fingerprint density at radius 2 is 2.05 bits per heavy atom. The predicted octanol–water partition coefficient (Wildman–Crippen LogP) is 4.44. The zero-order chi connectivity index (χ0) is 15.8. The Morgan fingerprint density at radius 3 is 2.62 bits per heavy atom. The van der Waals surface area contributed by atoms with Crippen LogP contribution in [-0.4, -0.2) is 34.6 Å². The number of aliphatic hydroxyl groups is 1. The second-order valence-corrected chi connectivity index (χ2v) is 7.38. The highest BCUT2D eigenvalue weighted by molar-refractivity contribution is 7.21. The van der Waals surface area contributed by atoms with E-state index in [4.69, 9.17) is 23.2 Å². The average Bonchev–Trinajstić information content (AvgIpc) is 2.71. The fourth-order valence-corrected chi connectivity index (χ4v) is 3.87. The molecule has 0 fully saturated rings. The molecular formula is C15H17Cl2NO2S. The Bertz CT molecular complexity index is 676. The number of fused-ring (bicyclic) bond motifs is 1. The molecule has 0 unspecified atom stereocenters. The van der Waals surface area contributed by atoms with Gasteiger partial charge in [0, 0.05) is 28.2 Å². The number of carbonyl (C=O) groups excluding carboxylic acids is 1. The molecule has 1 aromatic carbocycles. The lowest BCUT2D eigenvalue weighted by Gasteiger charge is -2.27. The van der Waals surface area contributed by atoms with E-state index in [-0.39, 0.29) is 12.5 Å². The smallest absolute Gasteiger partial charge is 0.265 e. The molecule has 0 aliphatic rings. The van der Waals surface area contributed by atoms with Crippen molar-refractivity contribution < 1.29 is 9.90 Å². The topological polar surface area (TPSA) is 40.5 Å². The minimum Gasteiger partial charge on any atom is -0.389 e. The SMILES string of the molecule is CCN(CC(C)(C)O)C(=O)c1sc2cc(Cl)ccc2c1Cl. The van der Waals surface area contributed by atoms with Crippen molar-refractivity contribution in [2.45, 2.75) is 26.4 Å². The third-order valence-corrected chi connectivity index (χ3v) is 4.91. The van der Waals surface area contributed by atoms with Gasteiger partial charge in [-0.3, -0.25) is 4.79 Å². The van der Waals surface area contributed by atoms with Gasteiger partial charge in [0.15, 0.2) is 0 Å². The molecule has 0 radical (unpaired) electrons. The van der Waals surface area contributed by atoms with Crippen LogP contribution in [-0.2, 0) is 0 Å². The van der Waals surface area contributed by atoms with E-state index in [0.29, 0.717) is 21.5 Å². The minimum atomic E-state index is -0.946. The van der Waals surface area contributed by atoms with Crippen LogP contribution in [0.3, 0.4) is 0 Å². The van der Waals surface area contributed by atoms with E-state index in [1.54, 1.807) is 30.9 Å². The van der Waals surface area contributed by atoms with Crippen LogP contribution in [0.2, 0.25) is 10.0 Å². The molecule has 2 rings (SSSR count). The Labute approximate surface area is 138 Å². The summed E-state index contributed by atoms with van der Waals surface area (Å²) in [7, 11) is 0. The highest BCUT2D eigenvalue weighted by atomic mass is 35.5. The van der Waals surface area contributed by atoms with Crippen molar-refractivity contribution in [1.29, 1.82) is 0 Å². The monoisotopic (exact) mass is 345 g/mol. The Hall–Kier alpha value is -0.810. The van der Waals surface area contributed by atoms with Crippen molar-refractivity contribution >= 4 is 50.5 Å². The summed E-state index contributed by atoms with van der Waals surface area (Å²) in [6.07, 6.45) is 0. The van der Waals surface area contributed by atoms with Gasteiger partial charge in [-0.1, -0.05) is 29.3 Å². The fourth-order valence-electron chi connectivity index (χ4n) is 2.11. The van der Waals surface area contributed by atoms with E-state index in [1.807, 2.05) is 13.0 Å². The lowest BCUT2D eigenvalue weighted by atomic mass is 10.1. The maximum atomic E-state index is 12.6. The summed E-state index contributed by atoms with van der Waals surface area (Å²) in [5, 5.41) is 11.8. The number of hydrogen-bond acceptors (Lipinski definition) is 3. The second kappa shape index (κ2) is 6.13. The molecule has 0 bridgehead atoms. The van der Waals surface area contributed by atoms with E-state index in [2.05, 4.69) is 0 Å². The number of thiophene rings is 1. The number of benzene rings is 1. The second-order valence-electron chi connectivity index (χ2n) is 5.52. The summed E-state index contributed by atoms with van der Waals surface area (Å²) < 4.78 is 0.884. The summed E-state index contributed by atoms with van der Waals surface area (Å²) in [5.74, 6) is -0.165. The zero-order valence-corrected chi connectivity index (χ0v) is 14.4. The van der Waals surface area contributed by atoms with Crippen molar-refractivity contribution in [3.8, 4) is 0 Å². The lowest BCUT2D eigenvalue weighted by molar-refractivity contribution is 0.0317. The van der Waals surface area contributed by atoms with E-state index in [9.17, 15) is 9.90 Å². The summed E-state index contributed by atoms with van der Waals surface area (Å²) in [6, 6.07) is 5.38. The van der Waals surface area contributed by atoms with Crippen molar-refractivity contribution in [2.24, 2.45) is 0 Å². The van der Waals surface area contributed by atoms with Crippen molar-refractivity contribution in [2.75, 3.05) is 13.1 Å². The van der Waals surface area contributed by atoms with Crippen LogP contribution in [0.25, 0.3) is 10.1 Å². The highest BCUT2D eigenvalue weighted by Crippen LogP contribution is 2.37. The molecule has 0 saturated carbocycles. The predicted molar refractivity (Wildman–Crippen MR) is 89.7 cm³/mol. The normalized spacial score (nSPS) is 11.9. The fraction of sp³-hybridized carbons (Fsp3) is 0.400. The molecule has 114 valence electrons. The number of nitrogens with zero attached hydrogens (tertiary/aromatic N) is 1. The molecule has 1 N–H and O–H groups in total. The van der Waals surface area contributed by atoms with Gasteiger partial charge in [-0.05, 0) is 32.9 Å². The van der Waals surface area contributed by atoms with Gasteiger partial charge in [0.05, 0.1) is 10.6 Å². The first-order valence-electron chi connectivity index (χ1n) is 6.62. The van der Waals surface area contributed by atoms with Gasteiger partial charge in [-0.2, -0.15) is 0 Å². The molecule has 1 heterocycles. The van der Waals surface area contributed by atoms with E-state index >= 15 is 0 Å². The summed E-state index contributed by atoms with van der Waals surface area (Å²) in [4.78, 5) is 14.7. The number of rotatable bonds is 4. The van der Waals surface area contributed by atoms with Gasteiger partial charge in [0.1, 0.15) is 4.88 Å². The van der Waals surface area contributed by atoms with E-state index in [0.717, 1.165) is 10.1 Å². The summed E-state index contributed by atoms with van der Waals surface area (Å²) >= 11 is 13.6. The lowest BCUT2D eigenvalue weighted by Crippen LogP contribution is -2.41. The minimum absolute atomic E-state index is 0.165. The quantitative estimate of drug-likeness (QED) is 0.889. The van der Waals surface area contributed by atoms with Gasteiger partial charge in [-0.25, -0.2) is 0 Å². The number of amides is 1. The van der Waals surface area contributed by atoms with Crippen LogP contribution in [0.4, 0.5) is 0 Å². The first kappa shape index (κ1) is 16.6. The van der Waals surface area contributed by atoms with Gasteiger partial charge >= 0.3 is 0 Å². The van der Waals surface area contributed by atoms with Gasteiger partial charge in [0.25, 0.3) is 5.91 Å². The molecule has 21 heavy (non-hydrogen) atoms. The number of likely N-dealkylation sites (N-methyl/N-ethyl adjacent to an activating group) is 1. The number of halogens is 2. The Kier molecular flexibility index (Phi) is 4.83. The molecule has 0 aliphatic heterocycles. The maximum Gasteiger partial charge on any atom is 0.265 e. The van der Waals surface area contributed by atoms with Crippen LogP contribution >= 0.6 is 34.5 Å². The largest absolute Gasteiger partial charge is 0.389 e. The number of hydrogen-bond donors (Lipinski definition) is 1. The molecule has 3 nitrogen and oxygen atoms in total. The van der Waals surface area contributed by atoms with Crippen LogP contribution in [0.5, 0.6) is 0 Å². The zero-order valence-electron chi connectivity index (χ0n) is 12.1. The van der Waals surface area contributed by atoms with Crippen LogP contribution in [0.1, 0.15) is 30.4 Å². The molecule has 0 aliphatic carbocycles. The molecule has 1 aromatic heterocycles. The molecule has 2 aromatic rings. The maximum absolute atomic E-state index is 12.6. The molecule has 1 amide bonds. The van der Waals surface area contributed by atoms with Crippen LogP contribution in [0, 0.1) is 0 Å². The Morgan fingerprint density at radius 1 is 1.38 bits per heavy atom. The van der Waals surface area contributed by atoms with Crippen LogP contribution < -0.4 is 0 Å². The summed E-state index contributed by atoms with van der Waals surface area (Å²) in [6.45, 7) is 5.99. The first-order chi connectivity index (χ1) is 9.73. The van der Waals surface area contributed by atoms with Gasteiger partial charge in [0.2, 0.25) is 0 Å². The average molecular weight is 346 g/mol. The molecule has 6 heteroatoms. The van der Waals surface area contributed by atoms with Gasteiger partial charge in [-0.15, -0.1) is 11.3 Å². The van der Waals surface area contributed by atoms with E-state index < -0.39 is 5.60 Å². The molecule has 0 saturated heterocycles. The van der Waals surface area contributed by atoms with E-state index in [1.165, 1.54) is 11.3 Å². The third-order valence-electron chi connectivity index (χ3n) is 3.03. The standard InChI is InChI=1S/C15H17Cl2NO2S/c1-4-18(8-15(2,3)20)14(19)13-12(17)10-6-5-9(16)7-11(10)21-13/h5-7,20H,4,8H2,1-3H3. The molecule has 0 spiro atoms. The molecular weight excluding hydrogens is 329 g/mol. The number of carbonyl (C=O) groups is 1. The van der Waals surface area contributed by atoms with Crippen molar-refractivity contribution in [3.05, 3.63) is 33.1 Å². The molecule has 0 atom stereocenters. The van der Waals surface area contributed by atoms with Crippen LogP contribution in [0.15, 0.2) is 18.2 Å². The van der Waals surface area contributed by atoms with Gasteiger partial charge < -0.3 is 10.0 Å².